The van der Waals surface area contributed by atoms with Gasteiger partial charge in [0.05, 0.1) is 5.56 Å². The van der Waals surface area contributed by atoms with Gasteiger partial charge in [-0.15, -0.1) is 13.2 Å². The molecule has 5 nitrogen and oxygen atoms in total. The predicted octanol–water partition coefficient (Wildman–Crippen LogP) is 5.63. The molecule has 1 aromatic heterocycles. The highest BCUT2D eigenvalue weighted by molar-refractivity contribution is 6.30. The highest BCUT2D eigenvalue weighted by Gasteiger charge is 2.31. The van der Waals surface area contributed by atoms with Crippen molar-refractivity contribution in [2.75, 3.05) is 10.6 Å². The maximum Gasteiger partial charge on any atom is 0.573 e. The van der Waals surface area contributed by atoms with Crippen LogP contribution in [0.15, 0.2) is 66.9 Å². The fourth-order valence-corrected chi connectivity index (χ4v) is 2.52. The van der Waals surface area contributed by atoms with Crippen LogP contribution in [0.4, 0.5) is 30.4 Å². The van der Waals surface area contributed by atoms with Crippen molar-refractivity contribution >= 4 is 34.7 Å². The topological polar surface area (TPSA) is 63.2 Å². The van der Waals surface area contributed by atoms with Crippen LogP contribution in [0.5, 0.6) is 5.75 Å². The Kier molecular flexibility index (Phi) is 5.70. The minimum absolute atomic E-state index is 0.248. The van der Waals surface area contributed by atoms with E-state index in [1.54, 1.807) is 36.4 Å². The molecule has 9 heteroatoms. The van der Waals surface area contributed by atoms with Crippen LogP contribution in [0.2, 0.25) is 5.02 Å². The van der Waals surface area contributed by atoms with Crippen LogP contribution >= 0.6 is 11.6 Å². The zero-order chi connectivity index (χ0) is 20.1. The molecule has 144 valence electrons. The van der Waals surface area contributed by atoms with Crippen LogP contribution in [0, 0.1) is 0 Å². The van der Waals surface area contributed by atoms with Gasteiger partial charge in [0.1, 0.15) is 11.6 Å². The van der Waals surface area contributed by atoms with Crippen LogP contribution in [0.25, 0.3) is 0 Å². The monoisotopic (exact) mass is 407 g/mol. The molecule has 2 aromatic carbocycles. The second-order valence-electron chi connectivity index (χ2n) is 5.56. The van der Waals surface area contributed by atoms with E-state index in [2.05, 4.69) is 20.4 Å². The van der Waals surface area contributed by atoms with E-state index >= 15 is 0 Å². The third kappa shape index (κ3) is 5.37. The molecule has 1 heterocycles. The molecule has 0 radical (unpaired) electrons. The summed E-state index contributed by atoms with van der Waals surface area (Å²) in [6.45, 7) is 0. The van der Waals surface area contributed by atoms with E-state index in [9.17, 15) is 18.0 Å². The lowest BCUT2D eigenvalue weighted by molar-refractivity contribution is -0.274. The van der Waals surface area contributed by atoms with Gasteiger partial charge >= 0.3 is 6.36 Å². The minimum atomic E-state index is -4.78. The lowest BCUT2D eigenvalue weighted by Gasteiger charge is -2.12. The number of halogens is 4. The Morgan fingerprint density at radius 2 is 1.75 bits per heavy atom. The van der Waals surface area contributed by atoms with E-state index in [4.69, 9.17) is 11.6 Å². The first-order chi connectivity index (χ1) is 13.3. The number of ether oxygens (including phenoxy) is 1. The zero-order valence-electron chi connectivity index (χ0n) is 14.1. The van der Waals surface area contributed by atoms with Crippen molar-refractivity contribution < 1.29 is 22.7 Å². The number of anilines is 3. The van der Waals surface area contributed by atoms with Gasteiger partial charge in [-0.25, -0.2) is 4.98 Å². The highest BCUT2D eigenvalue weighted by atomic mass is 35.5. The third-order valence-corrected chi connectivity index (χ3v) is 3.72. The lowest BCUT2D eigenvalue weighted by Crippen LogP contribution is -2.17. The molecule has 0 aliphatic carbocycles. The molecule has 3 rings (SSSR count). The SMILES string of the molecule is O=C(Nc1ccc(OC(F)(F)F)cc1)c1cccnc1Nc1cccc(Cl)c1. The predicted molar refractivity (Wildman–Crippen MR) is 100 cm³/mol. The molecule has 3 aromatic rings. The third-order valence-electron chi connectivity index (χ3n) is 3.49. The molecule has 0 saturated heterocycles. The highest BCUT2D eigenvalue weighted by Crippen LogP contribution is 2.25. The number of aromatic nitrogens is 1. The van der Waals surface area contributed by atoms with Crippen LogP contribution < -0.4 is 15.4 Å². The van der Waals surface area contributed by atoms with Crippen molar-refractivity contribution in [1.82, 2.24) is 4.98 Å². The maximum atomic E-state index is 12.6. The Labute approximate surface area is 163 Å². The second-order valence-corrected chi connectivity index (χ2v) is 6.00. The van der Waals surface area contributed by atoms with Crippen molar-refractivity contribution in [2.24, 2.45) is 0 Å². The van der Waals surface area contributed by atoms with Crippen molar-refractivity contribution in [1.29, 1.82) is 0 Å². The summed E-state index contributed by atoms with van der Waals surface area (Å²) >= 11 is 5.95. The van der Waals surface area contributed by atoms with Gasteiger partial charge in [-0.3, -0.25) is 4.79 Å². The summed E-state index contributed by atoms with van der Waals surface area (Å²) in [5, 5.41) is 6.14. The molecular weight excluding hydrogens is 395 g/mol. The molecule has 0 saturated carbocycles. The van der Waals surface area contributed by atoms with Crippen LogP contribution in [0.1, 0.15) is 10.4 Å². The summed E-state index contributed by atoms with van der Waals surface area (Å²) in [4.78, 5) is 16.7. The molecule has 28 heavy (non-hydrogen) atoms. The standard InChI is InChI=1S/C19H13ClF3N3O2/c20-12-3-1-4-14(11-12)25-17-16(5-2-10-24-17)18(27)26-13-6-8-15(9-7-13)28-19(21,22)23/h1-11H,(H,24,25)(H,26,27). The number of benzene rings is 2. The average Bonchev–Trinajstić information content (AvgIpc) is 2.62. The van der Waals surface area contributed by atoms with Crippen LogP contribution in [0.3, 0.4) is 0 Å². The smallest absolute Gasteiger partial charge is 0.406 e. The first-order valence-corrected chi connectivity index (χ1v) is 8.33. The van der Waals surface area contributed by atoms with Crippen molar-refractivity contribution in [3.05, 3.63) is 77.4 Å². The summed E-state index contributed by atoms with van der Waals surface area (Å²) in [6.07, 6.45) is -3.26. The van der Waals surface area contributed by atoms with Gasteiger partial charge in [0.2, 0.25) is 0 Å². The summed E-state index contributed by atoms with van der Waals surface area (Å²) in [5.41, 5.74) is 1.20. The van der Waals surface area contributed by atoms with E-state index in [-0.39, 0.29) is 11.3 Å². The molecule has 0 atom stereocenters. The number of rotatable bonds is 5. The summed E-state index contributed by atoms with van der Waals surface area (Å²) in [7, 11) is 0. The Morgan fingerprint density at radius 1 is 1.00 bits per heavy atom. The summed E-state index contributed by atoms with van der Waals surface area (Å²) in [5.74, 6) is -0.559. The van der Waals surface area contributed by atoms with Gasteiger partial charge < -0.3 is 15.4 Å². The fourth-order valence-electron chi connectivity index (χ4n) is 2.33. The van der Waals surface area contributed by atoms with E-state index in [1.165, 1.54) is 18.3 Å². The molecule has 0 aliphatic rings. The minimum Gasteiger partial charge on any atom is -0.406 e. The fraction of sp³-hybridized carbons (Fsp3) is 0.0526. The van der Waals surface area contributed by atoms with Gasteiger partial charge in [0.15, 0.2) is 0 Å². The number of alkyl halides is 3. The van der Waals surface area contributed by atoms with E-state index in [0.717, 1.165) is 12.1 Å². The molecule has 2 N–H and O–H groups in total. The number of hydrogen-bond acceptors (Lipinski definition) is 4. The number of hydrogen-bond donors (Lipinski definition) is 2. The molecule has 1 amide bonds. The average molecular weight is 408 g/mol. The number of carbonyl (C=O) groups excluding carboxylic acids is 1. The van der Waals surface area contributed by atoms with Gasteiger partial charge in [-0.05, 0) is 54.6 Å². The van der Waals surface area contributed by atoms with E-state index < -0.39 is 12.3 Å². The van der Waals surface area contributed by atoms with Gasteiger partial charge in [0.25, 0.3) is 5.91 Å². The van der Waals surface area contributed by atoms with Crippen molar-refractivity contribution in [3.8, 4) is 5.75 Å². The number of carbonyl (C=O) groups is 1. The Bertz CT molecular complexity index is 979. The van der Waals surface area contributed by atoms with Gasteiger partial charge in [0, 0.05) is 22.6 Å². The lowest BCUT2D eigenvalue weighted by atomic mass is 10.2. The largest absolute Gasteiger partial charge is 0.573 e. The Balaban J connectivity index is 1.74. The molecule has 0 bridgehead atoms. The number of amides is 1. The van der Waals surface area contributed by atoms with Crippen LogP contribution in [-0.2, 0) is 0 Å². The molecule has 0 fully saturated rings. The first-order valence-electron chi connectivity index (χ1n) is 7.95. The quantitative estimate of drug-likeness (QED) is 0.575. The molecule has 0 aliphatic heterocycles. The second kappa shape index (κ2) is 8.18. The summed E-state index contributed by atoms with van der Waals surface area (Å²) in [6, 6.07) is 14.9. The van der Waals surface area contributed by atoms with Gasteiger partial charge in [-0.2, -0.15) is 0 Å². The van der Waals surface area contributed by atoms with Crippen molar-refractivity contribution in [3.63, 3.8) is 0 Å². The van der Waals surface area contributed by atoms with E-state index in [1.807, 2.05) is 0 Å². The zero-order valence-corrected chi connectivity index (χ0v) is 14.9. The van der Waals surface area contributed by atoms with Crippen molar-refractivity contribution in [2.45, 2.75) is 6.36 Å². The number of nitrogens with zero attached hydrogens (tertiary/aromatic N) is 1. The van der Waals surface area contributed by atoms with Crippen LogP contribution in [-0.4, -0.2) is 17.3 Å². The normalized spacial score (nSPS) is 11.0. The van der Waals surface area contributed by atoms with Gasteiger partial charge in [-0.1, -0.05) is 17.7 Å². The number of nitrogens with one attached hydrogen (secondary N) is 2. The Hall–Kier alpha value is -3.26. The molecule has 0 unspecified atom stereocenters. The summed E-state index contributed by atoms with van der Waals surface area (Å²) < 4.78 is 40.4. The number of pyridine rings is 1. The first kappa shape index (κ1) is 19.5. The Morgan fingerprint density at radius 3 is 2.43 bits per heavy atom. The molecule has 0 spiro atoms. The maximum absolute atomic E-state index is 12.6. The molecular formula is C19H13ClF3N3O2. The van der Waals surface area contributed by atoms with E-state index in [0.29, 0.717) is 22.2 Å².